The van der Waals surface area contributed by atoms with Crippen LogP contribution in [0.15, 0.2) is 34.8 Å². The van der Waals surface area contributed by atoms with Crippen molar-refractivity contribution in [2.24, 2.45) is 4.99 Å². The van der Waals surface area contributed by atoms with Crippen LogP contribution in [0.1, 0.15) is 33.1 Å². The van der Waals surface area contributed by atoms with Gasteiger partial charge in [-0.25, -0.2) is 0 Å². The van der Waals surface area contributed by atoms with E-state index in [9.17, 15) is 4.79 Å². The number of hydrogen-bond donors (Lipinski definition) is 1. The van der Waals surface area contributed by atoms with Crippen molar-refractivity contribution in [1.82, 2.24) is 5.32 Å². The van der Waals surface area contributed by atoms with E-state index >= 15 is 0 Å². The van der Waals surface area contributed by atoms with Crippen LogP contribution >= 0.6 is 0 Å². The van der Waals surface area contributed by atoms with Gasteiger partial charge in [0.25, 0.3) is 0 Å². The summed E-state index contributed by atoms with van der Waals surface area (Å²) in [6.07, 6.45) is 7.76. The number of nitrogens with one attached hydrogen (secondary N) is 1. The number of aliphatic imine (C=N–C) groups is 1. The van der Waals surface area contributed by atoms with Gasteiger partial charge in [-0.05, 0) is 26.2 Å². The summed E-state index contributed by atoms with van der Waals surface area (Å²) < 4.78 is 5.19. The first-order valence-electron chi connectivity index (χ1n) is 7.19. The zero-order valence-electron chi connectivity index (χ0n) is 13.6. The maximum absolute atomic E-state index is 10.1. The molecule has 0 aromatic heterocycles. The van der Waals surface area contributed by atoms with Crippen molar-refractivity contribution in [3.63, 3.8) is 0 Å². The van der Waals surface area contributed by atoms with Crippen molar-refractivity contribution in [3.05, 3.63) is 42.0 Å². The Balaban J connectivity index is 0.000000397. The summed E-state index contributed by atoms with van der Waals surface area (Å²) in [5.74, 6) is 1.56. The second-order valence-electron chi connectivity index (χ2n) is 4.26. The smallest absolute Gasteiger partial charge is 0.519 e. The maximum Gasteiger partial charge on any atom is 1.00 e. The molecule has 22 heavy (non-hydrogen) atoms. The summed E-state index contributed by atoms with van der Waals surface area (Å²) in [6.45, 7) is 5.43. The van der Waals surface area contributed by atoms with Crippen LogP contribution in [0, 0.1) is 12.1 Å². The van der Waals surface area contributed by atoms with Crippen LogP contribution in [0.25, 0.3) is 0 Å². The monoisotopic (exact) mass is 324 g/mol. The molecule has 0 heterocycles. The van der Waals surface area contributed by atoms with E-state index in [0.717, 1.165) is 43.7 Å². The predicted molar refractivity (Wildman–Crippen MR) is 83.9 cm³/mol. The number of likely N-dealkylation sites (N-methyl/N-ethyl adjacent to an activating group) is 1. The van der Waals surface area contributed by atoms with Crippen LogP contribution in [0.3, 0.4) is 0 Å². The molecule has 4 nitrogen and oxygen atoms in total. The molecule has 1 aromatic rings. The molecule has 114 valence electrons. The van der Waals surface area contributed by atoms with Crippen molar-refractivity contribution in [3.8, 4) is 5.75 Å². The van der Waals surface area contributed by atoms with Gasteiger partial charge in [-0.1, -0.05) is 12.8 Å². The van der Waals surface area contributed by atoms with E-state index in [1.54, 1.807) is 6.41 Å². The zero-order valence-corrected chi connectivity index (χ0v) is 16.7. The minimum absolute atomic E-state index is 0. The van der Waals surface area contributed by atoms with Crippen molar-refractivity contribution in [2.75, 3.05) is 13.2 Å². The molecular weight excluding hydrogens is 303 g/mol. The molecule has 1 aliphatic rings. The minimum atomic E-state index is 0. The van der Waals surface area contributed by atoms with Gasteiger partial charge >= 0.3 is 51.4 Å². The van der Waals surface area contributed by atoms with Gasteiger partial charge in [0.05, 0.1) is 13.0 Å². The molecule has 5 heteroatoms. The van der Waals surface area contributed by atoms with Crippen LogP contribution in [-0.2, 0) is 4.79 Å². The third-order valence-corrected chi connectivity index (χ3v) is 2.73. The Morgan fingerprint density at radius 1 is 1.41 bits per heavy atom. The Hall–Kier alpha value is -0.464. The molecule has 1 aliphatic carbocycles. The van der Waals surface area contributed by atoms with Gasteiger partial charge in [0.2, 0.25) is 0 Å². The molecule has 2 rings (SSSR count). The van der Waals surface area contributed by atoms with Crippen molar-refractivity contribution >= 4 is 12.2 Å². The number of amides is 1. The first kappa shape index (κ1) is 21.5. The third kappa shape index (κ3) is 8.85. The van der Waals surface area contributed by atoms with Gasteiger partial charge in [-0.3, -0.25) is 6.08 Å². The number of benzene rings is 1. The second-order valence-corrected chi connectivity index (χ2v) is 4.26. The summed E-state index contributed by atoms with van der Waals surface area (Å²) in [7, 11) is 0. The van der Waals surface area contributed by atoms with Crippen molar-refractivity contribution in [1.29, 1.82) is 0 Å². The fourth-order valence-corrected chi connectivity index (χ4v) is 1.86. The molecule has 0 fully saturated rings. The summed E-state index contributed by atoms with van der Waals surface area (Å²) in [5, 5.41) is 3.01. The zero-order chi connectivity index (χ0) is 15.3. The third-order valence-electron chi connectivity index (χ3n) is 2.73. The Kier molecular flexibility index (Phi) is 13.9. The fourth-order valence-electron chi connectivity index (χ4n) is 1.86. The largest absolute Gasteiger partial charge is 1.00 e. The number of rotatable bonds is 5. The molecule has 0 unspecified atom stereocenters. The van der Waals surface area contributed by atoms with Gasteiger partial charge < -0.3 is 19.8 Å². The molecule has 0 aliphatic heterocycles. The Morgan fingerprint density at radius 3 is 2.64 bits per heavy atom. The number of nitrogens with zero attached hydrogens (tertiary/aromatic N) is 1. The summed E-state index contributed by atoms with van der Waals surface area (Å²) in [5.41, 5.74) is 1.03. The van der Waals surface area contributed by atoms with Crippen LogP contribution in [0.2, 0.25) is 0 Å². The van der Waals surface area contributed by atoms with Crippen molar-refractivity contribution < 1.29 is 60.9 Å². The normalized spacial score (nSPS) is 13.2. The molecule has 1 amide bonds. The minimum Gasteiger partial charge on any atom is -0.519 e. The van der Waals surface area contributed by atoms with E-state index in [2.05, 4.69) is 22.5 Å². The molecule has 0 atom stereocenters. The maximum atomic E-state index is 10.1. The van der Waals surface area contributed by atoms with Gasteiger partial charge in [-0.2, -0.15) is 23.8 Å². The number of hydrogen-bond acceptors (Lipinski definition) is 2. The van der Waals surface area contributed by atoms with E-state index in [0.29, 0.717) is 5.84 Å². The van der Waals surface area contributed by atoms with E-state index in [1.807, 2.05) is 38.1 Å². The van der Waals surface area contributed by atoms with Gasteiger partial charge in [0.15, 0.2) is 0 Å². The van der Waals surface area contributed by atoms with E-state index in [-0.39, 0.29) is 51.4 Å². The molecule has 0 saturated heterocycles. The Morgan fingerprint density at radius 2 is 2.14 bits per heavy atom. The molecule has 0 spiro atoms. The molecular formula is C17H21KN2O2-2. The molecule has 1 N–H and O–H groups in total. The van der Waals surface area contributed by atoms with Gasteiger partial charge in [-0.15, -0.1) is 18.6 Å². The summed E-state index contributed by atoms with van der Waals surface area (Å²) in [6, 6.07) is 10.4. The van der Waals surface area contributed by atoms with Gasteiger partial charge in [0, 0.05) is 5.75 Å². The van der Waals surface area contributed by atoms with E-state index in [4.69, 9.17) is 4.74 Å². The molecule has 0 radical (unpaired) electrons. The summed E-state index contributed by atoms with van der Waals surface area (Å²) in [4.78, 5) is 13.6. The predicted octanol–water partition coefficient (Wildman–Crippen LogP) is -0.135. The second kappa shape index (κ2) is 14.1. The first-order valence-corrected chi connectivity index (χ1v) is 7.19. The Bertz CT molecular complexity index is 473. The number of carbonyl (C=O) groups excluding carboxylic acids is 1. The number of amidine groups is 1. The van der Waals surface area contributed by atoms with Crippen LogP contribution in [-0.4, -0.2) is 25.4 Å². The number of ether oxygens (including phenoxy) is 1. The SMILES string of the molecule is CCNC(=N[C-]=O)C1=[C-]CCC1.CCOc1cc[c-]cc1.[K+]. The van der Waals surface area contributed by atoms with Crippen LogP contribution in [0.5, 0.6) is 5.75 Å². The average Bonchev–Trinajstić information content (AvgIpc) is 3.03. The first-order chi connectivity index (χ1) is 10.3. The van der Waals surface area contributed by atoms with Gasteiger partial charge in [0.1, 0.15) is 0 Å². The quantitative estimate of drug-likeness (QED) is 0.355. The summed E-state index contributed by atoms with van der Waals surface area (Å²) >= 11 is 0. The Labute approximate surface area is 175 Å². The standard InChI is InChI=1S/C9H12N2O.C8H9O.K/c1-2-10-9(11-7-12)8-5-3-4-6-8;1-2-9-8-6-4-3-5-7-8;/h2-5H2,1H3,(H,10,11,12);4-7H,2H2,1H3;/q-2;-1;+1. The van der Waals surface area contributed by atoms with Crippen LogP contribution in [0.4, 0.5) is 0 Å². The average molecular weight is 324 g/mol. The topological polar surface area (TPSA) is 50.7 Å². The molecule has 1 aromatic carbocycles. The van der Waals surface area contributed by atoms with E-state index < -0.39 is 0 Å². The fraction of sp³-hybridized carbons (Fsp3) is 0.412. The van der Waals surface area contributed by atoms with Crippen LogP contribution < -0.4 is 61.4 Å². The molecule has 0 bridgehead atoms. The molecule has 0 saturated carbocycles. The van der Waals surface area contributed by atoms with Crippen molar-refractivity contribution in [2.45, 2.75) is 33.1 Å². The van der Waals surface area contributed by atoms with E-state index in [1.165, 1.54) is 0 Å². The number of allylic oxidation sites excluding steroid dienone is 1.